The molecule has 94 valence electrons. The first kappa shape index (κ1) is 12.6. The topological polar surface area (TPSA) is 12.0 Å². The molecule has 0 radical (unpaired) electrons. The molecule has 3 heteroatoms. The largest absolute Gasteiger partial charge is 0.381 e. The van der Waals surface area contributed by atoms with Gasteiger partial charge in [0.2, 0.25) is 0 Å². The van der Waals surface area contributed by atoms with E-state index < -0.39 is 11.6 Å². The van der Waals surface area contributed by atoms with Gasteiger partial charge in [-0.2, -0.15) is 0 Å². The Bertz CT molecular complexity index is 564. The monoisotopic (exact) mass is 247 g/mol. The van der Waals surface area contributed by atoms with Gasteiger partial charge in [0.1, 0.15) is 0 Å². The number of halogens is 2. The Morgan fingerprint density at radius 2 is 1.78 bits per heavy atom. The van der Waals surface area contributed by atoms with Crippen LogP contribution in [0.3, 0.4) is 0 Å². The third-order valence-corrected chi connectivity index (χ3v) is 3.07. The SMILES string of the molecule is Cc1cccc(NCc2ccc(F)c(F)c2)c1C. The van der Waals surface area contributed by atoms with Gasteiger partial charge in [0.05, 0.1) is 0 Å². The van der Waals surface area contributed by atoms with Crippen LogP contribution in [0, 0.1) is 25.5 Å². The molecule has 0 saturated carbocycles. The zero-order chi connectivity index (χ0) is 13.1. The van der Waals surface area contributed by atoms with Crippen molar-refractivity contribution in [2.45, 2.75) is 20.4 Å². The van der Waals surface area contributed by atoms with Crippen molar-refractivity contribution in [2.75, 3.05) is 5.32 Å². The summed E-state index contributed by atoms with van der Waals surface area (Å²) in [5, 5.41) is 3.23. The molecule has 18 heavy (non-hydrogen) atoms. The summed E-state index contributed by atoms with van der Waals surface area (Å²) in [6.45, 7) is 4.54. The van der Waals surface area contributed by atoms with E-state index in [4.69, 9.17) is 0 Å². The lowest BCUT2D eigenvalue weighted by Crippen LogP contribution is -2.02. The Kier molecular flexibility index (Phi) is 3.60. The lowest BCUT2D eigenvalue weighted by atomic mass is 10.1. The molecular formula is C15H15F2N. The molecule has 0 aromatic heterocycles. The Morgan fingerprint density at radius 3 is 2.50 bits per heavy atom. The number of hydrogen-bond donors (Lipinski definition) is 1. The zero-order valence-electron chi connectivity index (χ0n) is 10.4. The van der Waals surface area contributed by atoms with E-state index in [2.05, 4.69) is 5.32 Å². The van der Waals surface area contributed by atoms with Gasteiger partial charge < -0.3 is 5.32 Å². The van der Waals surface area contributed by atoms with Gasteiger partial charge in [0, 0.05) is 12.2 Å². The molecule has 1 N–H and O–H groups in total. The maximum Gasteiger partial charge on any atom is 0.159 e. The summed E-state index contributed by atoms with van der Waals surface area (Å²) in [7, 11) is 0. The van der Waals surface area contributed by atoms with Gasteiger partial charge in [-0.25, -0.2) is 8.78 Å². The van der Waals surface area contributed by atoms with Crippen molar-refractivity contribution in [3.8, 4) is 0 Å². The fourth-order valence-corrected chi connectivity index (χ4v) is 1.79. The van der Waals surface area contributed by atoms with Crippen LogP contribution in [0.15, 0.2) is 36.4 Å². The number of rotatable bonds is 3. The van der Waals surface area contributed by atoms with Gasteiger partial charge in [-0.3, -0.25) is 0 Å². The molecule has 1 nitrogen and oxygen atoms in total. The summed E-state index contributed by atoms with van der Waals surface area (Å²) < 4.78 is 25.8. The maximum atomic E-state index is 13.0. The van der Waals surface area contributed by atoms with Gasteiger partial charge in [0.25, 0.3) is 0 Å². The summed E-state index contributed by atoms with van der Waals surface area (Å²) in [4.78, 5) is 0. The molecule has 2 rings (SSSR count). The van der Waals surface area contributed by atoms with Crippen LogP contribution < -0.4 is 5.32 Å². The summed E-state index contributed by atoms with van der Waals surface area (Å²) in [5.41, 5.74) is 4.10. The summed E-state index contributed by atoms with van der Waals surface area (Å²) >= 11 is 0. The number of nitrogens with one attached hydrogen (secondary N) is 1. The molecule has 0 aliphatic heterocycles. The van der Waals surface area contributed by atoms with Gasteiger partial charge >= 0.3 is 0 Å². The molecule has 0 heterocycles. The molecule has 0 aliphatic rings. The first-order valence-electron chi connectivity index (χ1n) is 5.82. The van der Waals surface area contributed by atoms with Gasteiger partial charge in [-0.1, -0.05) is 18.2 Å². The lowest BCUT2D eigenvalue weighted by molar-refractivity contribution is 0.507. The lowest BCUT2D eigenvalue weighted by Gasteiger charge is -2.11. The predicted molar refractivity (Wildman–Crippen MR) is 69.6 cm³/mol. The van der Waals surface area contributed by atoms with Crippen LogP contribution in [0.2, 0.25) is 0 Å². The highest BCUT2D eigenvalue weighted by Crippen LogP contribution is 2.19. The highest BCUT2D eigenvalue weighted by Gasteiger charge is 2.04. The van der Waals surface area contributed by atoms with E-state index in [1.807, 2.05) is 32.0 Å². The predicted octanol–water partition coefficient (Wildman–Crippen LogP) is 4.19. The molecule has 2 aromatic carbocycles. The molecule has 0 amide bonds. The first-order chi connectivity index (χ1) is 8.58. The van der Waals surface area contributed by atoms with Crippen molar-refractivity contribution >= 4 is 5.69 Å². The van der Waals surface area contributed by atoms with E-state index in [0.717, 1.165) is 17.3 Å². The van der Waals surface area contributed by atoms with Crippen molar-refractivity contribution in [1.29, 1.82) is 0 Å². The van der Waals surface area contributed by atoms with Crippen LogP contribution in [-0.2, 0) is 6.54 Å². The molecule has 2 aromatic rings. The van der Waals surface area contributed by atoms with E-state index in [1.54, 1.807) is 6.07 Å². The first-order valence-corrected chi connectivity index (χ1v) is 5.82. The molecule has 0 unspecified atom stereocenters. The minimum absolute atomic E-state index is 0.474. The molecule has 0 bridgehead atoms. The highest BCUT2D eigenvalue weighted by molar-refractivity contribution is 5.53. The Morgan fingerprint density at radius 1 is 1.00 bits per heavy atom. The smallest absolute Gasteiger partial charge is 0.159 e. The number of aryl methyl sites for hydroxylation is 1. The van der Waals surface area contributed by atoms with E-state index in [9.17, 15) is 8.78 Å². The van der Waals surface area contributed by atoms with Crippen LogP contribution in [0.1, 0.15) is 16.7 Å². The van der Waals surface area contributed by atoms with Crippen LogP contribution >= 0.6 is 0 Å². The molecule has 0 aliphatic carbocycles. The molecule has 0 atom stereocenters. The number of anilines is 1. The van der Waals surface area contributed by atoms with Crippen molar-refractivity contribution in [2.24, 2.45) is 0 Å². The van der Waals surface area contributed by atoms with Crippen LogP contribution in [0.5, 0.6) is 0 Å². The second-order valence-electron chi connectivity index (χ2n) is 4.35. The van der Waals surface area contributed by atoms with E-state index >= 15 is 0 Å². The summed E-state index contributed by atoms with van der Waals surface area (Å²) in [6.07, 6.45) is 0. The second kappa shape index (κ2) is 5.17. The number of hydrogen-bond acceptors (Lipinski definition) is 1. The van der Waals surface area contributed by atoms with E-state index in [-0.39, 0.29) is 0 Å². The Balaban J connectivity index is 2.11. The van der Waals surface area contributed by atoms with Gasteiger partial charge in [0.15, 0.2) is 11.6 Å². The summed E-state index contributed by atoms with van der Waals surface area (Å²) in [5.74, 6) is -1.62. The van der Waals surface area contributed by atoms with E-state index in [1.165, 1.54) is 17.2 Å². The summed E-state index contributed by atoms with van der Waals surface area (Å²) in [6, 6.07) is 9.93. The fraction of sp³-hybridized carbons (Fsp3) is 0.200. The Labute approximate surface area is 105 Å². The third-order valence-electron chi connectivity index (χ3n) is 3.07. The van der Waals surface area contributed by atoms with E-state index in [0.29, 0.717) is 6.54 Å². The fourth-order valence-electron chi connectivity index (χ4n) is 1.79. The molecular weight excluding hydrogens is 232 g/mol. The van der Waals surface area contributed by atoms with Crippen molar-refractivity contribution in [3.63, 3.8) is 0 Å². The molecule has 0 fully saturated rings. The minimum atomic E-state index is -0.814. The van der Waals surface area contributed by atoms with Crippen LogP contribution in [0.4, 0.5) is 14.5 Å². The maximum absolute atomic E-state index is 13.0. The molecule has 0 saturated heterocycles. The minimum Gasteiger partial charge on any atom is -0.381 e. The quantitative estimate of drug-likeness (QED) is 0.857. The average molecular weight is 247 g/mol. The molecule has 0 spiro atoms. The second-order valence-corrected chi connectivity index (χ2v) is 4.35. The Hall–Kier alpha value is -1.90. The zero-order valence-corrected chi connectivity index (χ0v) is 10.4. The van der Waals surface area contributed by atoms with Crippen LogP contribution in [-0.4, -0.2) is 0 Å². The van der Waals surface area contributed by atoms with Crippen molar-refractivity contribution < 1.29 is 8.78 Å². The third kappa shape index (κ3) is 2.67. The van der Waals surface area contributed by atoms with Crippen LogP contribution in [0.25, 0.3) is 0 Å². The number of benzene rings is 2. The van der Waals surface area contributed by atoms with Gasteiger partial charge in [-0.15, -0.1) is 0 Å². The highest BCUT2D eigenvalue weighted by atomic mass is 19.2. The van der Waals surface area contributed by atoms with Crippen molar-refractivity contribution in [3.05, 3.63) is 64.7 Å². The van der Waals surface area contributed by atoms with Crippen molar-refractivity contribution in [1.82, 2.24) is 0 Å². The average Bonchev–Trinajstić information content (AvgIpc) is 2.35. The standard InChI is InChI=1S/C15H15F2N/c1-10-4-3-5-15(11(10)2)18-9-12-6-7-13(16)14(17)8-12/h3-8,18H,9H2,1-2H3. The van der Waals surface area contributed by atoms with Gasteiger partial charge in [-0.05, 0) is 48.7 Å². The normalized spacial score (nSPS) is 10.4.